The highest BCUT2D eigenvalue weighted by Crippen LogP contribution is 2.31. The normalized spacial score (nSPS) is 11.0. The standard InChI is InChI=1S/C20H17BrN4O/c1-13-5-4-6-14(9-13)11-22-19-10-17(15-7-2-3-8-18(15)26)24-20-16(21)12-23-25(19)20/h2-10,12,22,26H,11H2,1H3. The summed E-state index contributed by atoms with van der Waals surface area (Å²) in [5.74, 6) is 1.00. The number of phenolic OH excluding ortho intramolecular Hbond substituents is 1. The summed E-state index contributed by atoms with van der Waals surface area (Å²) in [4.78, 5) is 4.65. The highest BCUT2D eigenvalue weighted by molar-refractivity contribution is 9.10. The Kier molecular flexibility index (Phi) is 4.34. The Hall–Kier alpha value is -2.86. The summed E-state index contributed by atoms with van der Waals surface area (Å²) in [6, 6.07) is 17.4. The fraction of sp³-hybridized carbons (Fsp3) is 0.100. The number of fused-ring (bicyclic) bond motifs is 1. The average Bonchev–Trinajstić information content (AvgIpc) is 3.01. The number of aryl methyl sites for hydroxylation is 1. The van der Waals surface area contributed by atoms with Crippen LogP contribution in [-0.4, -0.2) is 19.7 Å². The van der Waals surface area contributed by atoms with E-state index in [1.165, 1.54) is 11.1 Å². The highest BCUT2D eigenvalue weighted by atomic mass is 79.9. The quantitative estimate of drug-likeness (QED) is 0.509. The Morgan fingerprint density at radius 1 is 1.12 bits per heavy atom. The minimum atomic E-state index is 0.199. The lowest BCUT2D eigenvalue weighted by atomic mass is 10.1. The zero-order valence-corrected chi connectivity index (χ0v) is 15.7. The van der Waals surface area contributed by atoms with E-state index in [0.29, 0.717) is 23.4 Å². The van der Waals surface area contributed by atoms with Crippen LogP contribution in [0.5, 0.6) is 5.75 Å². The van der Waals surface area contributed by atoms with Crippen LogP contribution in [0, 0.1) is 6.92 Å². The van der Waals surface area contributed by atoms with Crippen molar-refractivity contribution in [1.82, 2.24) is 14.6 Å². The molecule has 2 aromatic carbocycles. The van der Waals surface area contributed by atoms with Crippen molar-refractivity contribution in [2.45, 2.75) is 13.5 Å². The van der Waals surface area contributed by atoms with Crippen LogP contribution in [0.15, 0.2) is 65.3 Å². The van der Waals surface area contributed by atoms with Crippen molar-refractivity contribution in [3.63, 3.8) is 0 Å². The fourth-order valence-corrected chi connectivity index (χ4v) is 3.25. The van der Waals surface area contributed by atoms with Gasteiger partial charge in [-0.2, -0.15) is 9.61 Å². The van der Waals surface area contributed by atoms with Gasteiger partial charge in [-0.1, -0.05) is 42.0 Å². The maximum atomic E-state index is 10.2. The molecule has 0 aliphatic carbocycles. The van der Waals surface area contributed by atoms with Gasteiger partial charge < -0.3 is 10.4 Å². The van der Waals surface area contributed by atoms with Gasteiger partial charge in [-0.25, -0.2) is 4.98 Å². The number of phenols is 1. The highest BCUT2D eigenvalue weighted by Gasteiger charge is 2.13. The monoisotopic (exact) mass is 408 g/mol. The van der Waals surface area contributed by atoms with Crippen LogP contribution in [-0.2, 0) is 6.54 Å². The molecule has 6 heteroatoms. The molecular weight excluding hydrogens is 392 g/mol. The summed E-state index contributed by atoms with van der Waals surface area (Å²) >= 11 is 3.50. The molecule has 0 saturated heterocycles. The van der Waals surface area contributed by atoms with E-state index in [2.05, 4.69) is 56.5 Å². The molecule has 2 N–H and O–H groups in total. The second-order valence-electron chi connectivity index (χ2n) is 6.11. The number of aromatic nitrogens is 3. The molecule has 5 nitrogen and oxygen atoms in total. The lowest BCUT2D eigenvalue weighted by Crippen LogP contribution is -2.07. The van der Waals surface area contributed by atoms with Crippen LogP contribution >= 0.6 is 15.9 Å². The SMILES string of the molecule is Cc1cccc(CNc2cc(-c3ccccc3O)nc3c(Br)cnn23)c1. The number of nitrogens with one attached hydrogen (secondary N) is 1. The molecule has 0 aliphatic rings. The Labute approximate surface area is 159 Å². The van der Waals surface area contributed by atoms with Gasteiger partial charge in [0.15, 0.2) is 5.65 Å². The third-order valence-electron chi connectivity index (χ3n) is 4.16. The van der Waals surface area contributed by atoms with Crippen molar-refractivity contribution >= 4 is 27.4 Å². The van der Waals surface area contributed by atoms with E-state index in [9.17, 15) is 5.11 Å². The van der Waals surface area contributed by atoms with Gasteiger partial charge in [-0.05, 0) is 40.5 Å². The van der Waals surface area contributed by atoms with Crippen molar-refractivity contribution in [2.75, 3.05) is 5.32 Å². The van der Waals surface area contributed by atoms with Crippen molar-refractivity contribution in [1.29, 1.82) is 0 Å². The number of benzene rings is 2. The summed E-state index contributed by atoms with van der Waals surface area (Å²) in [5, 5.41) is 18.0. The van der Waals surface area contributed by atoms with E-state index >= 15 is 0 Å². The lowest BCUT2D eigenvalue weighted by Gasteiger charge is -2.12. The number of halogens is 1. The fourth-order valence-electron chi connectivity index (χ4n) is 2.90. The van der Waals surface area contributed by atoms with Gasteiger partial charge in [0.2, 0.25) is 0 Å². The van der Waals surface area contributed by atoms with Crippen LogP contribution in [0.2, 0.25) is 0 Å². The third kappa shape index (κ3) is 3.15. The molecule has 0 spiro atoms. The van der Waals surface area contributed by atoms with Crippen LogP contribution < -0.4 is 5.32 Å². The van der Waals surface area contributed by atoms with Crippen LogP contribution in [0.25, 0.3) is 16.9 Å². The smallest absolute Gasteiger partial charge is 0.172 e. The largest absolute Gasteiger partial charge is 0.507 e. The van der Waals surface area contributed by atoms with E-state index in [1.54, 1.807) is 22.8 Å². The predicted octanol–water partition coefficient (Wildman–Crippen LogP) is 4.78. The number of anilines is 1. The summed E-state index contributed by atoms with van der Waals surface area (Å²) in [6.45, 7) is 2.74. The van der Waals surface area contributed by atoms with Gasteiger partial charge in [0, 0.05) is 18.2 Å². The molecule has 0 atom stereocenters. The topological polar surface area (TPSA) is 62.5 Å². The molecule has 0 radical (unpaired) electrons. The molecule has 130 valence electrons. The minimum Gasteiger partial charge on any atom is -0.507 e. The lowest BCUT2D eigenvalue weighted by molar-refractivity contribution is 0.477. The molecule has 2 aromatic heterocycles. The molecule has 4 rings (SSSR count). The number of para-hydroxylation sites is 1. The molecular formula is C20H17BrN4O. The van der Waals surface area contributed by atoms with E-state index in [4.69, 9.17) is 0 Å². The van der Waals surface area contributed by atoms with E-state index < -0.39 is 0 Å². The molecule has 0 aliphatic heterocycles. The molecule has 0 saturated carbocycles. The Balaban J connectivity index is 1.77. The predicted molar refractivity (Wildman–Crippen MR) is 106 cm³/mol. The van der Waals surface area contributed by atoms with Gasteiger partial charge >= 0.3 is 0 Å². The number of hydrogen-bond acceptors (Lipinski definition) is 4. The van der Waals surface area contributed by atoms with Gasteiger partial charge in [-0.3, -0.25) is 0 Å². The minimum absolute atomic E-state index is 0.199. The van der Waals surface area contributed by atoms with E-state index in [1.807, 2.05) is 24.3 Å². The van der Waals surface area contributed by atoms with Crippen LogP contribution in [0.1, 0.15) is 11.1 Å². The molecule has 0 amide bonds. The molecule has 2 heterocycles. The van der Waals surface area contributed by atoms with Gasteiger partial charge in [-0.15, -0.1) is 0 Å². The first kappa shape index (κ1) is 16.6. The molecule has 0 fully saturated rings. The summed E-state index contributed by atoms with van der Waals surface area (Å²) in [6.07, 6.45) is 1.72. The molecule has 0 bridgehead atoms. The zero-order valence-electron chi connectivity index (χ0n) is 14.1. The summed E-state index contributed by atoms with van der Waals surface area (Å²) < 4.78 is 2.55. The van der Waals surface area contributed by atoms with Crippen molar-refractivity contribution in [3.8, 4) is 17.0 Å². The van der Waals surface area contributed by atoms with Crippen LogP contribution in [0.4, 0.5) is 5.82 Å². The van der Waals surface area contributed by atoms with E-state index in [0.717, 1.165) is 10.3 Å². The second kappa shape index (κ2) is 6.80. The average molecular weight is 409 g/mol. The molecule has 4 aromatic rings. The third-order valence-corrected chi connectivity index (χ3v) is 4.72. The van der Waals surface area contributed by atoms with Crippen LogP contribution in [0.3, 0.4) is 0 Å². The van der Waals surface area contributed by atoms with Crippen molar-refractivity contribution < 1.29 is 5.11 Å². The van der Waals surface area contributed by atoms with Gasteiger partial charge in [0.1, 0.15) is 11.6 Å². The first-order valence-corrected chi connectivity index (χ1v) is 9.03. The maximum Gasteiger partial charge on any atom is 0.172 e. The molecule has 0 unspecified atom stereocenters. The Bertz CT molecular complexity index is 1090. The number of nitrogens with zero attached hydrogens (tertiary/aromatic N) is 3. The molecule has 26 heavy (non-hydrogen) atoms. The van der Waals surface area contributed by atoms with Crippen molar-refractivity contribution in [2.24, 2.45) is 0 Å². The Morgan fingerprint density at radius 3 is 2.77 bits per heavy atom. The second-order valence-corrected chi connectivity index (χ2v) is 6.97. The number of aromatic hydroxyl groups is 1. The maximum absolute atomic E-state index is 10.2. The zero-order chi connectivity index (χ0) is 18.1. The van der Waals surface area contributed by atoms with Crippen molar-refractivity contribution in [3.05, 3.63) is 76.4 Å². The summed E-state index contributed by atoms with van der Waals surface area (Å²) in [5.41, 5.74) is 4.47. The van der Waals surface area contributed by atoms with E-state index in [-0.39, 0.29) is 5.75 Å². The number of rotatable bonds is 4. The van der Waals surface area contributed by atoms with Gasteiger partial charge in [0.05, 0.1) is 16.4 Å². The summed E-state index contributed by atoms with van der Waals surface area (Å²) in [7, 11) is 0. The Morgan fingerprint density at radius 2 is 1.96 bits per heavy atom. The van der Waals surface area contributed by atoms with Gasteiger partial charge in [0.25, 0.3) is 0 Å². The number of hydrogen-bond donors (Lipinski definition) is 2. The first-order chi connectivity index (χ1) is 12.6. The first-order valence-electron chi connectivity index (χ1n) is 8.24.